The van der Waals surface area contributed by atoms with E-state index in [1.807, 2.05) is 6.92 Å². The van der Waals surface area contributed by atoms with E-state index in [9.17, 15) is 0 Å². The van der Waals surface area contributed by atoms with E-state index < -0.39 is 0 Å². The Morgan fingerprint density at radius 2 is 1.71 bits per heavy atom. The molecule has 0 aliphatic rings. The van der Waals surface area contributed by atoms with Crippen LogP contribution in [-0.4, -0.2) is 9.97 Å². The van der Waals surface area contributed by atoms with E-state index in [0.717, 1.165) is 17.8 Å². The van der Waals surface area contributed by atoms with Crippen molar-refractivity contribution in [1.82, 2.24) is 9.97 Å². The first kappa shape index (κ1) is 11.7. The smallest absolute Gasteiger partial charge is 0.197 e. The van der Waals surface area contributed by atoms with Crippen LogP contribution >= 0.6 is 0 Å². The molecular weight excluding hydrogens is 210 g/mol. The number of hydrogen-bond donors (Lipinski definition) is 2. The predicted molar refractivity (Wildman–Crippen MR) is 71.2 cm³/mol. The molecule has 0 atom stereocenters. The molecule has 3 nitrogen and oxygen atoms in total. The number of aryl methyl sites for hydroxylation is 4. The van der Waals surface area contributed by atoms with Crippen LogP contribution in [-0.2, 0) is 6.42 Å². The lowest BCUT2D eigenvalue weighted by molar-refractivity contribution is 1.04. The number of nitrogens with zero attached hydrogens (tertiary/aromatic N) is 1. The summed E-state index contributed by atoms with van der Waals surface area (Å²) in [6.07, 6.45) is 0.845. The summed E-state index contributed by atoms with van der Waals surface area (Å²) in [5.41, 5.74) is 13.1. The van der Waals surface area contributed by atoms with Crippen molar-refractivity contribution in [2.24, 2.45) is 0 Å². The molecule has 1 aromatic carbocycles. The van der Waals surface area contributed by atoms with Crippen LogP contribution in [0.15, 0.2) is 12.1 Å². The van der Waals surface area contributed by atoms with Gasteiger partial charge in [-0.25, -0.2) is 4.98 Å². The first-order chi connectivity index (χ1) is 7.97. The molecular formula is C14H19N3. The maximum absolute atomic E-state index is 5.67. The summed E-state index contributed by atoms with van der Waals surface area (Å²) in [6, 6.07) is 4.43. The van der Waals surface area contributed by atoms with Gasteiger partial charge in [-0.1, -0.05) is 17.7 Å². The highest BCUT2D eigenvalue weighted by Crippen LogP contribution is 2.21. The molecule has 0 aliphatic carbocycles. The minimum Gasteiger partial charge on any atom is -0.369 e. The normalized spacial score (nSPS) is 10.8. The summed E-state index contributed by atoms with van der Waals surface area (Å²) < 4.78 is 0. The Morgan fingerprint density at radius 3 is 2.18 bits per heavy atom. The second-order valence-electron chi connectivity index (χ2n) is 4.75. The molecule has 1 heterocycles. The number of imidazole rings is 1. The lowest BCUT2D eigenvalue weighted by Gasteiger charge is -2.10. The van der Waals surface area contributed by atoms with E-state index in [-0.39, 0.29) is 0 Å². The van der Waals surface area contributed by atoms with Crippen molar-refractivity contribution in [3.05, 3.63) is 45.8 Å². The second-order valence-corrected chi connectivity index (χ2v) is 4.75. The topological polar surface area (TPSA) is 54.7 Å². The van der Waals surface area contributed by atoms with Crippen molar-refractivity contribution in [3.63, 3.8) is 0 Å². The van der Waals surface area contributed by atoms with Crippen LogP contribution in [0.4, 0.5) is 5.95 Å². The Hall–Kier alpha value is -1.77. The van der Waals surface area contributed by atoms with Crippen molar-refractivity contribution in [2.45, 2.75) is 34.1 Å². The molecule has 0 spiro atoms. The molecule has 90 valence electrons. The molecule has 0 bridgehead atoms. The van der Waals surface area contributed by atoms with Gasteiger partial charge in [0.05, 0.1) is 5.69 Å². The minimum atomic E-state index is 0.500. The summed E-state index contributed by atoms with van der Waals surface area (Å²) in [6.45, 7) is 8.44. The van der Waals surface area contributed by atoms with Gasteiger partial charge in [-0.3, -0.25) is 0 Å². The SMILES string of the molecule is Cc1cc(C)c(Cc2nc(N)[nH]c2C)c(C)c1. The number of anilines is 1. The van der Waals surface area contributed by atoms with Crippen LogP contribution in [0, 0.1) is 27.7 Å². The van der Waals surface area contributed by atoms with Gasteiger partial charge in [0.2, 0.25) is 0 Å². The Kier molecular flexibility index (Phi) is 2.92. The molecule has 0 radical (unpaired) electrons. The van der Waals surface area contributed by atoms with Gasteiger partial charge in [-0.2, -0.15) is 0 Å². The zero-order chi connectivity index (χ0) is 12.6. The van der Waals surface area contributed by atoms with Crippen LogP contribution in [0.1, 0.15) is 33.6 Å². The maximum Gasteiger partial charge on any atom is 0.197 e. The predicted octanol–water partition coefficient (Wildman–Crippen LogP) is 2.82. The number of aromatic amines is 1. The van der Waals surface area contributed by atoms with Gasteiger partial charge in [0.15, 0.2) is 5.95 Å². The van der Waals surface area contributed by atoms with Gasteiger partial charge in [-0.15, -0.1) is 0 Å². The van der Waals surface area contributed by atoms with E-state index in [1.54, 1.807) is 0 Å². The molecule has 2 rings (SSSR count). The molecule has 0 aliphatic heterocycles. The number of nitrogen functional groups attached to an aromatic ring is 1. The molecule has 0 saturated carbocycles. The zero-order valence-corrected chi connectivity index (χ0v) is 10.9. The van der Waals surface area contributed by atoms with Gasteiger partial charge >= 0.3 is 0 Å². The van der Waals surface area contributed by atoms with E-state index >= 15 is 0 Å². The number of rotatable bonds is 2. The highest BCUT2D eigenvalue weighted by Gasteiger charge is 2.10. The quantitative estimate of drug-likeness (QED) is 0.832. The Morgan fingerprint density at radius 1 is 1.12 bits per heavy atom. The summed E-state index contributed by atoms with van der Waals surface area (Å²) in [4.78, 5) is 7.38. The van der Waals surface area contributed by atoms with E-state index in [0.29, 0.717) is 5.95 Å². The Bertz CT molecular complexity index is 530. The van der Waals surface area contributed by atoms with Crippen molar-refractivity contribution >= 4 is 5.95 Å². The summed E-state index contributed by atoms with van der Waals surface area (Å²) >= 11 is 0. The maximum atomic E-state index is 5.67. The van der Waals surface area contributed by atoms with Crippen LogP contribution in [0.5, 0.6) is 0 Å². The first-order valence-corrected chi connectivity index (χ1v) is 5.85. The first-order valence-electron chi connectivity index (χ1n) is 5.85. The average molecular weight is 229 g/mol. The van der Waals surface area contributed by atoms with Crippen molar-refractivity contribution in [1.29, 1.82) is 0 Å². The molecule has 0 unspecified atom stereocenters. The van der Waals surface area contributed by atoms with Crippen LogP contribution in [0.25, 0.3) is 0 Å². The van der Waals surface area contributed by atoms with Crippen LogP contribution < -0.4 is 5.73 Å². The molecule has 2 aromatic rings. The van der Waals surface area contributed by atoms with Crippen LogP contribution in [0.3, 0.4) is 0 Å². The number of hydrogen-bond acceptors (Lipinski definition) is 2. The fourth-order valence-electron chi connectivity index (χ4n) is 2.35. The number of nitrogens with two attached hydrogens (primary N) is 1. The number of nitrogens with one attached hydrogen (secondary N) is 1. The number of aromatic nitrogens is 2. The Balaban J connectivity index is 2.39. The summed E-state index contributed by atoms with van der Waals surface area (Å²) in [7, 11) is 0. The summed E-state index contributed by atoms with van der Waals surface area (Å²) in [5, 5.41) is 0. The zero-order valence-electron chi connectivity index (χ0n) is 10.9. The van der Waals surface area contributed by atoms with E-state index in [2.05, 4.69) is 42.9 Å². The summed E-state index contributed by atoms with van der Waals surface area (Å²) in [5.74, 6) is 0.500. The third-order valence-electron chi connectivity index (χ3n) is 3.19. The molecule has 3 N–H and O–H groups in total. The highest BCUT2D eigenvalue weighted by molar-refractivity contribution is 5.41. The standard InChI is InChI=1S/C14H19N3/c1-8-5-9(2)12(10(3)6-8)7-13-11(4)16-14(15)17-13/h5-6H,7H2,1-4H3,(H3,15,16,17). The average Bonchev–Trinajstić information content (AvgIpc) is 2.51. The molecule has 3 heteroatoms. The number of H-pyrrole nitrogens is 1. The second kappa shape index (κ2) is 4.24. The van der Waals surface area contributed by atoms with Gasteiger partial charge in [0.1, 0.15) is 0 Å². The fraction of sp³-hybridized carbons (Fsp3) is 0.357. The third-order valence-corrected chi connectivity index (χ3v) is 3.19. The third kappa shape index (κ3) is 2.33. The van der Waals surface area contributed by atoms with Crippen LogP contribution in [0.2, 0.25) is 0 Å². The molecule has 1 aromatic heterocycles. The van der Waals surface area contributed by atoms with Gasteiger partial charge in [0.25, 0.3) is 0 Å². The Labute approximate surface area is 102 Å². The minimum absolute atomic E-state index is 0.500. The lowest BCUT2D eigenvalue weighted by atomic mass is 9.96. The van der Waals surface area contributed by atoms with E-state index in [4.69, 9.17) is 5.73 Å². The van der Waals surface area contributed by atoms with Crippen molar-refractivity contribution in [3.8, 4) is 0 Å². The molecule has 0 saturated heterocycles. The van der Waals surface area contributed by atoms with Crippen molar-refractivity contribution < 1.29 is 0 Å². The fourth-order valence-corrected chi connectivity index (χ4v) is 2.35. The molecule has 0 amide bonds. The molecule has 0 fully saturated rings. The van der Waals surface area contributed by atoms with Crippen molar-refractivity contribution in [2.75, 3.05) is 5.73 Å². The number of benzene rings is 1. The van der Waals surface area contributed by atoms with E-state index in [1.165, 1.54) is 22.3 Å². The molecule has 17 heavy (non-hydrogen) atoms. The highest BCUT2D eigenvalue weighted by atomic mass is 15.0. The largest absolute Gasteiger partial charge is 0.369 e. The van der Waals surface area contributed by atoms with Gasteiger partial charge in [-0.05, 0) is 44.4 Å². The monoisotopic (exact) mass is 229 g/mol. The van der Waals surface area contributed by atoms with Gasteiger partial charge < -0.3 is 10.7 Å². The lowest BCUT2D eigenvalue weighted by Crippen LogP contribution is -1.98. The van der Waals surface area contributed by atoms with Gasteiger partial charge in [0, 0.05) is 12.1 Å².